The molecule has 1 N–H and O–H groups in total. The highest BCUT2D eigenvalue weighted by Gasteiger charge is 2.35. The first-order chi connectivity index (χ1) is 20.0. The number of methoxy groups -OCH3 is 3. The van der Waals surface area contributed by atoms with Crippen molar-refractivity contribution < 1.29 is 32.2 Å². The van der Waals surface area contributed by atoms with Crippen LogP contribution in [0, 0.1) is 0 Å². The number of halogens is 2. The van der Waals surface area contributed by atoms with Gasteiger partial charge in [-0.2, -0.15) is 0 Å². The molecule has 13 heteroatoms. The van der Waals surface area contributed by atoms with Gasteiger partial charge < -0.3 is 24.4 Å². The fraction of sp³-hybridized carbons (Fsp3) is 0.310. The largest absolute Gasteiger partial charge is 0.495 e. The van der Waals surface area contributed by atoms with Crippen molar-refractivity contribution in [3.05, 3.63) is 76.3 Å². The fourth-order valence-electron chi connectivity index (χ4n) is 4.37. The highest BCUT2D eigenvalue weighted by molar-refractivity contribution is 7.92. The van der Waals surface area contributed by atoms with Crippen LogP contribution in [0.5, 0.6) is 17.2 Å². The minimum Gasteiger partial charge on any atom is -0.495 e. The van der Waals surface area contributed by atoms with E-state index in [9.17, 15) is 18.0 Å². The predicted octanol–water partition coefficient (Wildman–Crippen LogP) is 4.77. The lowest BCUT2D eigenvalue weighted by Crippen LogP contribution is -2.51. The van der Waals surface area contributed by atoms with Crippen LogP contribution in [0.1, 0.15) is 18.9 Å². The highest BCUT2D eigenvalue weighted by Crippen LogP contribution is 2.37. The van der Waals surface area contributed by atoms with E-state index >= 15 is 0 Å². The summed E-state index contributed by atoms with van der Waals surface area (Å²) in [4.78, 5) is 28.1. The molecule has 3 rings (SSSR count). The normalized spacial score (nSPS) is 11.8. The Morgan fingerprint density at radius 2 is 1.55 bits per heavy atom. The zero-order valence-corrected chi connectivity index (χ0v) is 26.2. The number of rotatable bonds is 13. The van der Waals surface area contributed by atoms with Gasteiger partial charge in [0.15, 0.2) is 11.5 Å². The summed E-state index contributed by atoms with van der Waals surface area (Å²) in [6, 6.07) is 14.5. The van der Waals surface area contributed by atoms with Gasteiger partial charge in [0.1, 0.15) is 18.3 Å². The van der Waals surface area contributed by atoms with Crippen LogP contribution in [0.3, 0.4) is 0 Å². The van der Waals surface area contributed by atoms with Crippen molar-refractivity contribution in [2.45, 2.75) is 30.8 Å². The number of benzene rings is 3. The van der Waals surface area contributed by atoms with E-state index in [-0.39, 0.29) is 40.1 Å². The van der Waals surface area contributed by atoms with E-state index in [1.54, 1.807) is 31.2 Å². The van der Waals surface area contributed by atoms with Crippen LogP contribution in [-0.2, 0) is 26.2 Å². The Hall–Kier alpha value is -3.67. The summed E-state index contributed by atoms with van der Waals surface area (Å²) < 4.78 is 45.4. The van der Waals surface area contributed by atoms with Crippen LogP contribution < -0.4 is 23.8 Å². The van der Waals surface area contributed by atoms with Crippen LogP contribution in [0.4, 0.5) is 5.69 Å². The van der Waals surface area contributed by atoms with Gasteiger partial charge in [0, 0.05) is 29.7 Å². The van der Waals surface area contributed by atoms with Gasteiger partial charge in [-0.15, -0.1) is 0 Å². The molecule has 2 amide bonds. The first-order valence-corrected chi connectivity index (χ1v) is 15.0. The number of hydrogen-bond acceptors (Lipinski definition) is 7. The zero-order valence-electron chi connectivity index (χ0n) is 23.9. The first-order valence-electron chi connectivity index (χ1n) is 12.8. The second-order valence-corrected chi connectivity index (χ2v) is 11.7. The van der Waals surface area contributed by atoms with E-state index in [0.717, 1.165) is 4.31 Å². The summed E-state index contributed by atoms with van der Waals surface area (Å²) in [5.74, 6) is -0.410. The van der Waals surface area contributed by atoms with Crippen molar-refractivity contribution in [2.24, 2.45) is 0 Å². The molecular weight excluding hydrogens is 605 g/mol. The van der Waals surface area contributed by atoms with Crippen LogP contribution >= 0.6 is 23.2 Å². The molecule has 0 bridgehead atoms. The van der Waals surface area contributed by atoms with Gasteiger partial charge in [-0.05, 0) is 48.4 Å². The van der Waals surface area contributed by atoms with E-state index in [0.29, 0.717) is 16.3 Å². The number of hydrogen-bond donors (Lipinski definition) is 1. The molecule has 3 aromatic carbocycles. The molecule has 226 valence electrons. The Morgan fingerprint density at radius 1 is 0.905 bits per heavy atom. The van der Waals surface area contributed by atoms with Crippen molar-refractivity contribution in [1.29, 1.82) is 0 Å². The Labute approximate surface area is 256 Å². The number of nitrogens with one attached hydrogen (secondary N) is 1. The summed E-state index contributed by atoms with van der Waals surface area (Å²) in [5.41, 5.74) is 0.614. The minimum atomic E-state index is -4.44. The molecule has 0 aliphatic rings. The standard InChI is InChI=1S/C29H33Cl2N3O7S/c1-6-23(29(36)32-2)33(17-19-9-7-8-10-22(19)31)28(35)18-34(24-15-20(30)11-13-25(24)39-3)42(37,38)21-12-14-26(40-4)27(16-21)41-5/h7-16,23H,6,17-18H2,1-5H3,(H,32,36). The summed E-state index contributed by atoms with van der Waals surface area (Å²) in [6.07, 6.45) is 0.263. The smallest absolute Gasteiger partial charge is 0.265 e. The number of nitrogens with zero attached hydrogens (tertiary/aromatic N) is 2. The molecule has 0 saturated carbocycles. The molecule has 0 aliphatic heterocycles. The minimum absolute atomic E-state index is 0.0267. The number of amides is 2. The van der Waals surface area contributed by atoms with E-state index < -0.39 is 34.4 Å². The van der Waals surface area contributed by atoms with Gasteiger partial charge >= 0.3 is 0 Å². The average molecular weight is 639 g/mol. The average Bonchev–Trinajstić information content (AvgIpc) is 2.99. The van der Waals surface area contributed by atoms with Crippen molar-refractivity contribution >= 4 is 50.7 Å². The number of ether oxygens (including phenoxy) is 3. The summed E-state index contributed by atoms with van der Waals surface area (Å²) in [5, 5.41) is 3.20. The third kappa shape index (κ3) is 7.21. The van der Waals surface area contributed by atoms with Crippen LogP contribution in [0.2, 0.25) is 10.0 Å². The molecule has 0 spiro atoms. The lowest BCUT2D eigenvalue weighted by atomic mass is 10.1. The Morgan fingerprint density at radius 3 is 2.14 bits per heavy atom. The monoisotopic (exact) mass is 637 g/mol. The van der Waals surface area contributed by atoms with E-state index in [1.807, 2.05) is 0 Å². The maximum Gasteiger partial charge on any atom is 0.265 e. The molecule has 3 aromatic rings. The van der Waals surface area contributed by atoms with Gasteiger partial charge in [0.2, 0.25) is 11.8 Å². The quantitative estimate of drug-likeness (QED) is 0.287. The molecule has 0 aliphatic carbocycles. The summed E-state index contributed by atoms with van der Waals surface area (Å²) in [7, 11) is 1.20. The number of carbonyl (C=O) groups is 2. The third-order valence-electron chi connectivity index (χ3n) is 6.56. The summed E-state index contributed by atoms with van der Waals surface area (Å²) >= 11 is 12.7. The Kier molecular flexibility index (Phi) is 11.3. The van der Waals surface area contributed by atoms with Crippen molar-refractivity contribution in [3.63, 3.8) is 0 Å². The Bertz CT molecular complexity index is 1540. The van der Waals surface area contributed by atoms with Crippen molar-refractivity contribution in [1.82, 2.24) is 10.2 Å². The van der Waals surface area contributed by atoms with Gasteiger partial charge in [-0.1, -0.05) is 48.3 Å². The molecule has 0 saturated heterocycles. The van der Waals surface area contributed by atoms with E-state index in [2.05, 4.69) is 5.32 Å². The number of sulfonamides is 1. The Balaban J connectivity index is 2.19. The van der Waals surface area contributed by atoms with E-state index in [1.165, 1.54) is 69.7 Å². The van der Waals surface area contributed by atoms with Crippen molar-refractivity contribution in [2.75, 3.05) is 39.2 Å². The predicted molar refractivity (Wildman–Crippen MR) is 162 cm³/mol. The molecule has 10 nitrogen and oxygen atoms in total. The maximum atomic E-state index is 14.2. The number of likely N-dealkylation sites (N-methyl/N-ethyl adjacent to an activating group) is 1. The lowest BCUT2D eigenvalue weighted by Gasteiger charge is -2.33. The second kappa shape index (κ2) is 14.5. The molecule has 42 heavy (non-hydrogen) atoms. The fourth-order valence-corrected chi connectivity index (χ4v) is 6.17. The van der Waals surface area contributed by atoms with Gasteiger partial charge in [0.05, 0.1) is 31.9 Å². The molecular formula is C29H33Cl2N3O7S. The summed E-state index contributed by atoms with van der Waals surface area (Å²) in [6.45, 7) is 1.03. The second-order valence-electron chi connectivity index (χ2n) is 9.00. The molecule has 1 unspecified atom stereocenters. The molecule has 0 aromatic heterocycles. The van der Waals surface area contributed by atoms with Gasteiger partial charge in [-0.25, -0.2) is 8.42 Å². The highest BCUT2D eigenvalue weighted by atomic mass is 35.5. The molecule has 0 radical (unpaired) electrons. The van der Waals surface area contributed by atoms with Crippen LogP contribution in [0.15, 0.2) is 65.6 Å². The van der Waals surface area contributed by atoms with Crippen LogP contribution in [-0.4, -0.2) is 66.1 Å². The zero-order chi connectivity index (χ0) is 31.0. The number of carbonyl (C=O) groups excluding carboxylic acids is 2. The van der Waals surface area contributed by atoms with Crippen molar-refractivity contribution in [3.8, 4) is 17.2 Å². The lowest BCUT2D eigenvalue weighted by molar-refractivity contribution is -0.140. The van der Waals surface area contributed by atoms with Gasteiger partial charge in [0.25, 0.3) is 10.0 Å². The molecule has 1 atom stereocenters. The molecule has 0 heterocycles. The van der Waals surface area contributed by atoms with Crippen LogP contribution in [0.25, 0.3) is 0 Å². The van der Waals surface area contributed by atoms with Gasteiger partial charge in [-0.3, -0.25) is 13.9 Å². The van der Waals surface area contributed by atoms with E-state index in [4.69, 9.17) is 37.4 Å². The molecule has 0 fully saturated rings. The topological polar surface area (TPSA) is 114 Å². The number of anilines is 1. The first kappa shape index (κ1) is 32.8. The SMILES string of the molecule is CCC(C(=O)NC)N(Cc1ccccc1Cl)C(=O)CN(c1cc(Cl)ccc1OC)S(=O)(=O)c1ccc(OC)c(OC)c1. The maximum absolute atomic E-state index is 14.2. The third-order valence-corrected chi connectivity index (χ3v) is 8.92.